The van der Waals surface area contributed by atoms with Crippen molar-refractivity contribution in [2.75, 3.05) is 19.7 Å². The van der Waals surface area contributed by atoms with Gasteiger partial charge in [-0.05, 0) is 95.5 Å². The lowest BCUT2D eigenvalue weighted by Gasteiger charge is -2.34. The van der Waals surface area contributed by atoms with Gasteiger partial charge < -0.3 is 15.2 Å². The molecule has 5 heteroatoms. The highest BCUT2D eigenvalue weighted by Gasteiger charge is 2.38. The monoisotopic (exact) mass is 383 g/mol. The Kier molecular flexibility index (Phi) is 8.91. The van der Waals surface area contributed by atoms with E-state index in [1.54, 1.807) is 0 Å². The fourth-order valence-electron chi connectivity index (χ4n) is 3.65. The third-order valence-corrected chi connectivity index (χ3v) is 5.66. The molecule has 0 aliphatic carbocycles. The molecule has 0 amide bonds. The van der Waals surface area contributed by atoms with Crippen molar-refractivity contribution in [3.63, 3.8) is 0 Å². The molecule has 0 radical (unpaired) electrons. The summed E-state index contributed by atoms with van der Waals surface area (Å²) < 4.78 is 6.00. The molecule has 1 saturated heterocycles. The lowest BCUT2D eigenvalue weighted by molar-refractivity contribution is -0.150. The second kappa shape index (κ2) is 10.2. The van der Waals surface area contributed by atoms with E-state index < -0.39 is 11.4 Å². The van der Waals surface area contributed by atoms with Crippen LogP contribution in [0.25, 0.3) is 0 Å². The summed E-state index contributed by atoms with van der Waals surface area (Å²) in [6.07, 6.45) is 4.09. The van der Waals surface area contributed by atoms with Crippen molar-refractivity contribution in [3.8, 4) is 5.75 Å². The molecular formula is C21H34ClNO3. The maximum absolute atomic E-state index is 11.8. The zero-order chi connectivity index (χ0) is 18.4. The number of hydrogen-bond donors (Lipinski definition) is 2. The molecule has 2 N–H and O–H groups in total. The second-order valence-electron chi connectivity index (χ2n) is 8.08. The number of aliphatic carboxylic acids is 1. The Morgan fingerprint density at radius 3 is 2.73 bits per heavy atom. The standard InChI is InChI=1S/C21H33NO3.ClH/c1-15-7-8-16(2)19(12-15)25-11-9-18(21(3,4)20(23)24)13-17-6-5-10-22-14-17;/h7-8,12,17-18,22H,5-6,9-11,13-14H2,1-4H3,(H,23,24);1H. The smallest absolute Gasteiger partial charge is 0.309 e. The number of aryl methyl sites for hydroxylation is 2. The van der Waals surface area contributed by atoms with E-state index in [0.717, 1.165) is 37.2 Å². The van der Waals surface area contributed by atoms with Gasteiger partial charge in [0.05, 0.1) is 12.0 Å². The summed E-state index contributed by atoms with van der Waals surface area (Å²) in [6.45, 7) is 10.5. The van der Waals surface area contributed by atoms with Crippen LogP contribution in [0.15, 0.2) is 18.2 Å². The number of benzene rings is 1. The number of carboxylic acids is 1. The topological polar surface area (TPSA) is 58.6 Å². The normalized spacial score (nSPS) is 18.7. The summed E-state index contributed by atoms with van der Waals surface area (Å²) in [5.74, 6) is 0.873. The average molecular weight is 384 g/mol. The van der Waals surface area contributed by atoms with Gasteiger partial charge in [-0.2, -0.15) is 0 Å². The van der Waals surface area contributed by atoms with Crippen molar-refractivity contribution in [1.29, 1.82) is 0 Å². The summed E-state index contributed by atoms with van der Waals surface area (Å²) in [5.41, 5.74) is 1.56. The molecule has 1 heterocycles. The van der Waals surface area contributed by atoms with Crippen LogP contribution in [0.5, 0.6) is 5.75 Å². The second-order valence-corrected chi connectivity index (χ2v) is 8.08. The molecule has 2 atom stereocenters. The van der Waals surface area contributed by atoms with Crippen LogP contribution in [0.3, 0.4) is 0 Å². The van der Waals surface area contributed by atoms with E-state index in [1.165, 1.54) is 18.4 Å². The first-order chi connectivity index (χ1) is 11.8. The van der Waals surface area contributed by atoms with Gasteiger partial charge in [-0.15, -0.1) is 12.4 Å². The first-order valence-corrected chi connectivity index (χ1v) is 9.45. The number of hydrogen-bond acceptors (Lipinski definition) is 3. The van der Waals surface area contributed by atoms with E-state index in [1.807, 2.05) is 20.8 Å². The van der Waals surface area contributed by atoms with Gasteiger partial charge in [0.25, 0.3) is 0 Å². The lowest BCUT2D eigenvalue weighted by Crippen LogP contribution is -2.38. The Bertz CT molecular complexity index is 583. The van der Waals surface area contributed by atoms with Gasteiger partial charge in [0.1, 0.15) is 5.75 Å². The van der Waals surface area contributed by atoms with Crippen molar-refractivity contribution < 1.29 is 14.6 Å². The fraction of sp³-hybridized carbons (Fsp3) is 0.667. The first kappa shape index (κ1) is 22.8. The Balaban J connectivity index is 0.00000338. The summed E-state index contributed by atoms with van der Waals surface area (Å²) >= 11 is 0. The molecule has 0 bridgehead atoms. The first-order valence-electron chi connectivity index (χ1n) is 9.45. The predicted octanol–water partition coefficient (Wildman–Crippen LogP) is 4.61. The van der Waals surface area contributed by atoms with E-state index in [9.17, 15) is 9.90 Å². The average Bonchev–Trinajstić information content (AvgIpc) is 2.57. The predicted molar refractivity (Wildman–Crippen MR) is 108 cm³/mol. The van der Waals surface area contributed by atoms with Gasteiger partial charge in [-0.3, -0.25) is 4.79 Å². The molecular weight excluding hydrogens is 350 g/mol. The maximum Gasteiger partial charge on any atom is 0.309 e. The van der Waals surface area contributed by atoms with E-state index >= 15 is 0 Å². The van der Waals surface area contributed by atoms with Crippen molar-refractivity contribution in [3.05, 3.63) is 29.3 Å². The van der Waals surface area contributed by atoms with Crippen LogP contribution in [-0.2, 0) is 4.79 Å². The summed E-state index contributed by atoms with van der Waals surface area (Å²) in [6, 6.07) is 6.20. The molecule has 0 saturated carbocycles. The Labute approximate surface area is 164 Å². The molecule has 0 aromatic heterocycles. The molecule has 2 unspecified atom stereocenters. The molecule has 26 heavy (non-hydrogen) atoms. The quantitative estimate of drug-likeness (QED) is 0.688. The fourth-order valence-corrected chi connectivity index (χ4v) is 3.65. The van der Waals surface area contributed by atoms with Crippen molar-refractivity contribution in [2.45, 2.75) is 53.4 Å². The minimum Gasteiger partial charge on any atom is -0.493 e. The van der Waals surface area contributed by atoms with Crippen LogP contribution < -0.4 is 10.1 Å². The Morgan fingerprint density at radius 2 is 2.12 bits per heavy atom. The van der Waals surface area contributed by atoms with Gasteiger partial charge >= 0.3 is 5.97 Å². The van der Waals surface area contributed by atoms with Gasteiger partial charge in [0.2, 0.25) is 0 Å². The van der Waals surface area contributed by atoms with E-state index in [4.69, 9.17) is 4.74 Å². The SMILES string of the molecule is Cc1ccc(C)c(OCCC(CC2CCCNC2)C(C)(C)C(=O)O)c1.Cl. The number of ether oxygens (including phenoxy) is 1. The minimum absolute atomic E-state index is 0. The zero-order valence-electron chi connectivity index (χ0n) is 16.5. The van der Waals surface area contributed by atoms with E-state index in [2.05, 4.69) is 30.4 Å². The molecule has 1 aliphatic heterocycles. The highest BCUT2D eigenvalue weighted by atomic mass is 35.5. The number of carbonyl (C=O) groups is 1. The third-order valence-electron chi connectivity index (χ3n) is 5.66. The number of nitrogens with one attached hydrogen (secondary N) is 1. The number of carboxylic acid groups (broad SMARTS) is 1. The van der Waals surface area contributed by atoms with Crippen LogP contribution in [0.1, 0.15) is 50.7 Å². The molecule has 4 nitrogen and oxygen atoms in total. The van der Waals surface area contributed by atoms with Crippen LogP contribution in [0.4, 0.5) is 0 Å². The van der Waals surface area contributed by atoms with Gasteiger partial charge in [0, 0.05) is 0 Å². The molecule has 1 aliphatic rings. The van der Waals surface area contributed by atoms with E-state index in [-0.39, 0.29) is 18.3 Å². The third kappa shape index (κ3) is 6.17. The summed E-state index contributed by atoms with van der Waals surface area (Å²) in [7, 11) is 0. The van der Waals surface area contributed by atoms with Crippen molar-refractivity contribution in [2.24, 2.45) is 17.3 Å². The lowest BCUT2D eigenvalue weighted by atomic mass is 9.72. The van der Waals surface area contributed by atoms with Gasteiger partial charge in [-0.25, -0.2) is 0 Å². The highest BCUT2D eigenvalue weighted by Crippen LogP contribution is 2.36. The van der Waals surface area contributed by atoms with Gasteiger partial charge in [-0.1, -0.05) is 12.1 Å². The molecule has 0 spiro atoms. The van der Waals surface area contributed by atoms with Gasteiger partial charge in [0.15, 0.2) is 0 Å². The largest absolute Gasteiger partial charge is 0.493 e. The molecule has 148 valence electrons. The summed E-state index contributed by atoms with van der Waals surface area (Å²) in [5, 5.41) is 13.1. The number of halogens is 1. The molecule has 1 aromatic rings. The number of piperidine rings is 1. The molecule has 2 rings (SSSR count). The van der Waals surface area contributed by atoms with Crippen LogP contribution in [-0.4, -0.2) is 30.8 Å². The Morgan fingerprint density at radius 1 is 1.38 bits per heavy atom. The van der Waals surface area contributed by atoms with Crippen molar-refractivity contribution in [1.82, 2.24) is 5.32 Å². The maximum atomic E-state index is 11.8. The highest BCUT2D eigenvalue weighted by molar-refractivity contribution is 5.85. The minimum atomic E-state index is -0.734. The van der Waals surface area contributed by atoms with Crippen LogP contribution in [0.2, 0.25) is 0 Å². The van der Waals surface area contributed by atoms with Crippen LogP contribution >= 0.6 is 12.4 Å². The summed E-state index contributed by atoms with van der Waals surface area (Å²) in [4.78, 5) is 11.8. The van der Waals surface area contributed by atoms with Crippen molar-refractivity contribution >= 4 is 18.4 Å². The van der Waals surface area contributed by atoms with Crippen LogP contribution in [0, 0.1) is 31.1 Å². The molecule has 1 fully saturated rings. The molecule has 1 aromatic carbocycles. The number of rotatable bonds is 8. The Hall–Kier alpha value is -1.26. The van der Waals surface area contributed by atoms with E-state index in [0.29, 0.717) is 12.5 Å². The zero-order valence-corrected chi connectivity index (χ0v) is 17.3.